The molecular formula is C11H12ClNO. The molecule has 0 unspecified atom stereocenters. The molecule has 0 heterocycles. The molecule has 1 amide bonds. The molecule has 0 saturated carbocycles. The van der Waals surface area contributed by atoms with E-state index in [4.69, 9.17) is 11.6 Å². The van der Waals surface area contributed by atoms with Crippen LogP contribution in [0.25, 0.3) is 0 Å². The number of carbonyl (C=O) groups is 1. The Labute approximate surface area is 88.6 Å². The Hall–Kier alpha value is -1.28. The van der Waals surface area contributed by atoms with Gasteiger partial charge in [0, 0.05) is 6.54 Å². The second-order valence-corrected chi connectivity index (χ2v) is 3.17. The Kier molecular flexibility index (Phi) is 4.20. The van der Waals surface area contributed by atoms with E-state index in [1.165, 1.54) is 0 Å². The van der Waals surface area contributed by atoms with E-state index < -0.39 is 0 Å². The number of rotatable bonds is 3. The van der Waals surface area contributed by atoms with Crippen LogP contribution in [-0.2, 0) is 0 Å². The highest BCUT2D eigenvalue weighted by molar-refractivity contribution is 6.33. The first-order chi connectivity index (χ1) is 6.75. The lowest BCUT2D eigenvalue weighted by atomic mass is 10.2. The lowest BCUT2D eigenvalue weighted by molar-refractivity contribution is 0.0958. The Morgan fingerprint density at radius 3 is 2.86 bits per heavy atom. The van der Waals surface area contributed by atoms with E-state index in [0.717, 1.165) is 0 Å². The molecule has 0 saturated heterocycles. The molecule has 0 bridgehead atoms. The number of halogens is 1. The van der Waals surface area contributed by atoms with Gasteiger partial charge in [0.2, 0.25) is 0 Å². The molecule has 0 radical (unpaired) electrons. The number of hydrogen-bond acceptors (Lipinski definition) is 1. The zero-order chi connectivity index (χ0) is 10.4. The first-order valence-electron chi connectivity index (χ1n) is 4.39. The van der Waals surface area contributed by atoms with Crippen molar-refractivity contribution in [1.29, 1.82) is 0 Å². The third-order valence-electron chi connectivity index (χ3n) is 1.73. The molecule has 0 aliphatic heterocycles. The second-order valence-electron chi connectivity index (χ2n) is 2.76. The molecular weight excluding hydrogens is 198 g/mol. The molecule has 0 spiro atoms. The van der Waals surface area contributed by atoms with Crippen molar-refractivity contribution in [2.45, 2.75) is 6.92 Å². The molecule has 1 N–H and O–H groups in total. The molecule has 3 heteroatoms. The van der Waals surface area contributed by atoms with Crippen LogP contribution in [0.2, 0.25) is 5.02 Å². The van der Waals surface area contributed by atoms with Crippen molar-refractivity contribution in [2.75, 3.05) is 6.54 Å². The number of carbonyl (C=O) groups excluding carboxylic acids is 1. The first-order valence-corrected chi connectivity index (χ1v) is 4.77. The van der Waals surface area contributed by atoms with Crippen molar-refractivity contribution in [1.82, 2.24) is 5.32 Å². The van der Waals surface area contributed by atoms with E-state index in [2.05, 4.69) is 5.32 Å². The van der Waals surface area contributed by atoms with Gasteiger partial charge in [-0.1, -0.05) is 35.9 Å². The maximum Gasteiger partial charge on any atom is 0.253 e. The van der Waals surface area contributed by atoms with Crippen molar-refractivity contribution >= 4 is 17.5 Å². The van der Waals surface area contributed by atoms with Crippen molar-refractivity contribution < 1.29 is 4.79 Å². The van der Waals surface area contributed by atoms with Crippen molar-refractivity contribution in [3.63, 3.8) is 0 Å². The average Bonchev–Trinajstić information content (AvgIpc) is 2.18. The van der Waals surface area contributed by atoms with Crippen LogP contribution in [0, 0.1) is 0 Å². The largest absolute Gasteiger partial charge is 0.349 e. The summed E-state index contributed by atoms with van der Waals surface area (Å²) in [6.45, 7) is 2.43. The quantitative estimate of drug-likeness (QED) is 0.762. The highest BCUT2D eigenvalue weighted by atomic mass is 35.5. The summed E-state index contributed by atoms with van der Waals surface area (Å²) < 4.78 is 0. The summed E-state index contributed by atoms with van der Waals surface area (Å²) in [5.74, 6) is -0.145. The number of benzene rings is 1. The molecule has 74 valence electrons. The summed E-state index contributed by atoms with van der Waals surface area (Å²) in [5.41, 5.74) is 0.513. The molecule has 2 nitrogen and oxygen atoms in total. The minimum atomic E-state index is -0.145. The molecule has 14 heavy (non-hydrogen) atoms. The molecule has 1 aromatic rings. The lowest BCUT2D eigenvalue weighted by Crippen LogP contribution is -2.23. The van der Waals surface area contributed by atoms with Crippen molar-refractivity contribution in [3.05, 3.63) is 47.0 Å². The second kappa shape index (κ2) is 5.45. The Balaban J connectivity index is 2.65. The summed E-state index contributed by atoms with van der Waals surface area (Å²) in [5, 5.41) is 3.21. The van der Waals surface area contributed by atoms with Gasteiger partial charge < -0.3 is 5.32 Å². The van der Waals surface area contributed by atoms with Gasteiger partial charge in [-0.15, -0.1) is 0 Å². The molecule has 1 rings (SSSR count). The van der Waals surface area contributed by atoms with Crippen LogP contribution in [0.5, 0.6) is 0 Å². The van der Waals surface area contributed by atoms with Crippen molar-refractivity contribution in [3.8, 4) is 0 Å². The van der Waals surface area contributed by atoms with Crippen LogP contribution in [0.3, 0.4) is 0 Å². The average molecular weight is 210 g/mol. The number of allylic oxidation sites excluding steroid dienone is 1. The van der Waals surface area contributed by atoms with Crippen LogP contribution in [-0.4, -0.2) is 12.5 Å². The van der Waals surface area contributed by atoms with Gasteiger partial charge in [-0.3, -0.25) is 4.79 Å². The van der Waals surface area contributed by atoms with Gasteiger partial charge in [-0.2, -0.15) is 0 Å². The van der Waals surface area contributed by atoms with Crippen LogP contribution < -0.4 is 5.32 Å². The maximum absolute atomic E-state index is 11.5. The Bertz CT molecular complexity index is 347. The summed E-state index contributed by atoms with van der Waals surface area (Å²) in [7, 11) is 0. The summed E-state index contributed by atoms with van der Waals surface area (Å²) in [6.07, 6.45) is 3.75. The van der Waals surface area contributed by atoms with Crippen LogP contribution in [0.15, 0.2) is 36.4 Å². The number of nitrogens with one attached hydrogen (secondary N) is 1. The third kappa shape index (κ3) is 2.89. The SMILES string of the molecule is C/C=C\CNC(=O)c1ccccc1Cl. The molecule has 0 aliphatic rings. The summed E-state index contributed by atoms with van der Waals surface area (Å²) in [6, 6.07) is 6.99. The monoisotopic (exact) mass is 209 g/mol. The highest BCUT2D eigenvalue weighted by Crippen LogP contribution is 2.14. The van der Waals surface area contributed by atoms with Gasteiger partial charge in [0.05, 0.1) is 10.6 Å². The van der Waals surface area contributed by atoms with Crippen LogP contribution in [0.4, 0.5) is 0 Å². The standard InChI is InChI=1S/C11H12ClNO/c1-2-3-8-13-11(14)9-6-4-5-7-10(9)12/h2-7H,8H2,1H3,(H,13,14)/b3-2-. The normalized spacial score (nSPS) is 10.4. The van der Waals surface area contributed by atoms with Crippen LogP contribution in [0.1, 0.15) is 17.3 Å². The molecule has 0 aromatic heterocycles. The minimum absolute atomic E-state index is 0.145. The van der Waals surface area contributed by atoms with Gasteiger partial charge >= 0.3 is 0 Å². The maximum atomic E-state index is 11.5. The predicted octanol–water partition coefficient (Wildman–Crippen LogP) is 2.65. The molecule has 1 aromatic carbocycles. The zero-order valence-corrected chi connectivity index (χ0v) is 8.71. The number of hydrogen-bond donors (Lipinski definition) is 1. The first kappa shape index (κ1) is 10.8. The van der Waals surface area contributed by atoms with Crippen molar-refractivity contribution in [2.24, 2.45) is 0 Å². The topological polar surface area (TPSA) is 29.1 Å². The van der Waals surface area contributed by atoms with Gasteiger partial charge in [-0.25, -0.2) is 0 Å². The van der Waals surface area contributed by atoms with E-state index in [1.807, 2.05) is 19.1 Å². The summed E-state index contributed by atoms with van der Waals surface area (Å²) in [4.78, 5) is 11.5. The smallest absolute Gasteiger partial charge is 0.253 e. The van der Waals surface area contributed by atoms with Gasteiger partial charge in [-0.05, 0) is 19.1 Å². The lowest BCUT2D eigenvalue weighted by Gasteiger charge is -2.03. The minimum Gasteiger partial charge on any atom is -0.349 e. The fourth-order valence-corrected chi connectivity index (χ4v) is 1.23. The van der Waals surface area contributed by atoms with Gasteiger partial charge in [0.25, 0.3) is 5.91 Å². The highest BCUT2D eigenvalue weighted by Gasteiger charge is 2.06. The molecule has 0 fully saturated rings. The fraction of sp³-hybridized carbons (Fsp3) is 0.182. The molecule has 0 atom stereocenters. The summed E-state index contributed by atoms with van der Waals surface area (Å²) >= 11 is 5.85. The zero-order valence-electron chi connectivity index (χ0n) is 7.96. The van der Waals surface area contributed by atoms with Gasteiger partial charge in [0.1, 0.15) is 0 Å². The van der Waals surface area contributed by atoms with E-state index in [9.17, 15) is 4.79 Å². The van der Waals surface area contributed by atoms with E-state index in [0.29, 0.717) is 17.1 Å². The predicted molar refractivity (Wildman–Crippen MR) is 58.6 cm³/mol. The fourth-order valence-electron chi connectivity index (χ4n) is 1.01. The van der Waals surface area contributed by atoms with E-state index >= 15 is 0 Å². The Morgan fingerprint density at radius 2 is 2.21 bits per heavy atom. The van der Waals surface area contributed by atoms with Crippen LogP contribution >= 0.6 is 11.6 Å². The Morgan fingerprint density at radius 1 is 1.50 bits per heavy atom. The van der Waals surface area contributed by atoms with Gasteiger partial charge in [0.15, 0.2) is 0 Å². The molecule has 0 aliphatic carbocycles. The number of amides is 1. The van der Waals surface area contributed by atoms with E-state index in [1.54, 1.807) is 24.3 Å². The van der Waals surface area contributed by atoms with E-state index in [-0.39, 0.29) is 5.91 Å². The third-order valence-corrected chi connectivity index (χ3v) is 2.06.